The molecule has 1 aliphatic heterocycles. The summed E-state index contributed by atoms with van der Waals surface area (Å²) in [5.74, 6) is -0.120. The van der Waals surface area contributed by atoms with Crippen LogP contribution < -0.4 is 15.8 Å². The maximum absolute atomic E-state index is 13.1. The van der Waals surface area contributed by atoms with Crippen molar-refractivity contribution in [1.29, 1.82) is 0 Å². The number of nitrogens with one attached hydrogen (secondary N) is 1. The van der Waals surface area contributed by atoms with Gasteiger partial charge in [-0.1, -0.05) is 12.1 Å². The Morgan fingerprint density at radius 1 is 1.10 bits per heavy atom. The second-order valence-corrected chi connectivity index (χ2v) is 9.18. The molecule has 0 saturated carbocycles. The summed E-state index contributed by atoms with van der Waals surface area (Å²) < 4.78 is 1.54. The molecule has 0 radical (unpaired) electrons. The molecule has 0 bridgehead atoms. The van der Waals surface area contributed by atoms with E-state index in [-0.39, 0.29) is 30.3 Å². The van der Waals surface area contributed by atoms with E-state index in [0.717, 1.165) is 47.2 Å². The molecule has 1 fully saturated rings. The first-order chi connectivity index (χ1) is 15.1. The summed E-state index contributed by atoms with van der Waals surface area (Å²) in [6.45, 7) is 0.931. The summed E-state index contributed by atoms with van der Waals surface area (Å²) in [5, 5.41) is 3.65. The average Bonchev–Trinajstić information content (AvgIpc) is 3.37. The van der Waals surface area contributed by atoms with Crippen LogP contribution in [0.3, 0.4) is 0 Å². The molecule has 1 saturated heterocycles. The van der Waals surface area contributed by atoms with E-state index in [2.05, 4.69) is 10.3 Å². The molecule has 2 aromatic heterocycles. The zero-order valence-electron chi connectivity index (χ0n) is 17.2. The Bertz CT molecular complexity index is 1230. The van der Waals surface area contributed by atoms with E-state index < -0.39 is 0 Å². The van der Waals surface area contributed by atoms with Crippen LogP contribution in [0.1, 0.15) is 42.5 Å². The van der Waals surface area contributed by atoms with Gasteiger partial charge in [0, 0.05) is 30.8 Å². The zero-order valence-corrected chi connectivity index (χ0v) is 18.0. The number of nitrogens with zero attached hydrogens (tertiary/aromatic N) is 3. The molecule has 1 aliphatic carbocycles. The predicted octanol–water partition coefficient (Wildman–Crippen LogP) is 3.49. The first kappa shape index (κ1) is 19.9. The van der Waals surface area contributed by atoms with Crippen LogP contribution in [0.15, 0.2) is 35.4 Å². The second kappa shape index (κ2) is 8.26. The molecule has 2 amide bonds. The van der Waals surface area contributed by atoms with Crippen LogP contribution in [0.2, 0.25) is 0 Å². The van der Waals surface area contributed by atoms with Gasteiger partial charge in [-0.3, -0.25) is 19.0 Å². The quantitative estimate of drug-likeness (QED) is 0.664. The van der Waals surface area contributed by atoms with Gasteiger partial charge in [0.1, 0.15) is 4.83 Å². The van der Waals surface area contributed by atoms with Crippen molar-refractivity contribution in [2.24, 2.45) is 0 Å². The Balaban J connectivity index is 1.32. The average molecular weight is 437 g/mol. The van der Waals surface area contributed by atoms with Gasteiger partial charge >= 0.3 is 0 Å². The molecule has 0 spiro atoms. The Hall–Kier alpha value is -3.00. The van der Waals surface area contributed by atoms with Crippen molar-refractivity contribution in [3.8, 4) is 0 Å². The molecule has 160 valence electrons. The molecule has 1 N–H and O–H groups in total. The van der Waals surface area contributed by atoms with Gasteiger partial charge in [0.15, 0.2) is 0 Å². The number of fused-ring (bicyclic) bond motifs is 3. The molecule has 2 aliphatic rings. The highest BCUT2D eigenvalue weighted by Crippen LogP contribution is 2.33. The molecule has 8 heteroatoms. The summed E-state index contributed by atoms with van der Waals surface area (Å²) >= 11 is 1.63. The highest BCUT2D eigenvalue weighted by molar-refractivity contribution is 7.18. The fourth-order valence-electron chi connectivity index (χ4n) is 4.49. The number of benzene rings is 1. The van der Waals surface area contributed by atoms with Crippen LogP contribution >= 0.6 is 11.3 Å². The Morgan fingerprint density at radius 2 is 1.94 bits per heavy atom. The number of aryl methyl sites for hydroxylation is 3. The maximum Gasteiger partial charge on any atom is 0.262 e. The number of para-hydroxylation sites is 2. The van der Waals surface area contributed by atoms with Crippen molar-refractivity contribution in [2.45, 2.75) is 51.5 Å². The number of amides is 2. The number of aromatic nitrogens is 2. The lowest BCUT2D eigenvalue weighted by Gasteiger charge is -2.20. The van der Waals surface area contributed by atoms with Crippen LogP contribution in [0, 0.1) is 0 Å². The maximum atomic E-state index is 13.1. The lowest BCUT2D eigenvalue weighted by Crippen LogP contribution is -2.26. The minimum atomic E-state index is -0.196. The largest absolute Gasteiger partial charge is 0.324 e. The second-order valence-electron chi connectivity index (χ2n) is 8.10. The molecule has 3 heterocycles. The molecular weight excluding hydrogens is 412 g/mol. The lowest BCUT2D eigenvalue weighted by molar-refractivity contribution is -0.117. The first-order valence-electron chi connectivity index (χ1n) is 10.8. The normalized spacial score (nSPS) is 16.0. The first-order valence-corrected chi connectivity index (χ1v) is 11.6. The van der Waals surface area contributed by atoms with Crippen molar-refractivity contribution in [1.82, 2.24) is 9.55 Å². The standard InChI is InChI=1S/C23H24N4O3S/c28-19(25-16-7-2-3-8-17(16)27-12-5-10-20(27)29)11-13-26-14-24-22-21(23(26)30)15-6-1-4-9-18(15)31-22/h2-3,7-8,14H,1,4-6,9-13H2,(H,25,28). The highest BCUT2D eigenvalue weighted by atomic mass is 32.1. The fraction of sp³-hybridized carbons (Fsp3) is 0.391. The smallest absolute Gasteiger partial charge is 0.262 e. The van der Waals surface area contributed by atoms with Crippen molar-refractivity contribution in [2.75, 3.05) is 16.8 Å². The molecule has 0 unspecified atom stereocenters. The number of rotatable bonds is 5. The summed E-state index contributed by atoms with van der Waals surface area (Å²) in [5.41, 5.74) is 2.45. The Kier molecular flexibility index (Phi) is 5.31. The number of hydrogen-bond donors (Lipinski definition) is 1. The fourth-order valence-corrected chi connectivity index (χ4v) is 5.71. The SMILES string of the molecule is O=C(CCn1cnc2sc3c(c2c1=O)CCCC3)Nc1ccccc1N1CCCC1=O. The third-order valence-corrected chi connectivity index (χ3v) is 7.26. The van der Waals surface area contributed by atoms with Crippen LogP contribution in [-0.2, 0) is 29.0 Å². The van der Waals surface area contributed by atoms with Gasteiger partial charge in [-0.2, -0.15) is 0 Å². The van der Waals surface area contributed by atoms with E-state index >= 15 is 0 Å². The van der Waals surface area contributed by atoms with E-state index in [1.165, 1.54) is 11.3 Å². The van der Waals surface area contributed by atoms with E-state index in [0.29, 0.717) is 18.7 Å². The van der Waals surface area contributed by atoms with E-state index in [1.807, 2.05) is 18.2 Å². The van der Waals surface area contributed by atoms with Crippen molar-refractivity contribution < 1.29 is 9.59 Å². The summed E-state index contributed by atoms with van der Waals surface area (Å²) in [4.78, 5) is 46.1. The van der Waals surface area contributed by atoms with E-state index in [4.69, 9.17) is 0 Å². The third kappa shape index (κ3) is 3.76. The van der Waals surface area contributed by atoms with Crippen molar-refractivity contribution >= 4 is 44.7 Å². The number of thiophene rings is 1. The topological polar surface area (TPSA) is 84.3 Å². The van der Waals surface area contributed by atoms with Gasteiger partial charge < -0.3 is 10.2 Å². The monoisotopic (exact) mass is 436 g/mol. The molecule has 7 nitrogen and oxygen atoms in total. The van der Waals surface area contributed by atoms with E-state index in [9.17, 15) is 14.4 Å². The molecule has 1 aromatic carbocycles. The van der Waals surface area contributed by atoms with Crippen LogP contribution in [0.4, 0.5) is 11.4 Å². The lowest BCUT2D eigenvalue weighted by atomic mass is 9.97. The zero-order chi connectivity index (χ0) is 21.4. The van der Waals surface area contributed by atoms with Gasteiger partial charge in [0.05, 0.1) is 23.1 Å². The van der Waals surface area contributed by atoms with E-state index in [1.54, 1.807) is 33.2 Å². The summed E-state index contributed by atoms with van der Waals surface area (Å²) in [6, 6.07) is 7.34. The van der Waals surface area contributed by atoms with Gasteiger partial charge in [-0.15, -0.1) is 11.3 Å². The number of carbonyl (C=O) groups is 2. The number of hydrogen-bond acceptors (Lipinski definition) is 5. The van der Waals surface area contributed by atoms with Crippen molar-refractivity contribution in [3.63, 3.8) is 0 Å². The van der Waals surface area contributed by atoms with Crippen molar-refractivity contribution in [3.05, 3.63) is 51.4 Å². The highest BCUT2D eigenvalue weighted by Gasteiger charge is 2.24. The molecule has 5 rings (SSSR count). The van der Waals surface area contributed by atoms with Crippen LogP contribution in [-0.4, -0.2) is 27.9 Å². The van der Waals surface area contributed by atoms with Gasteiger partial charge in [-0.05, 0) is 49.8 Å². The summed E-state index contributed by atoms with van der Waals surface area (Å²) in [7, 11) is 0. The van der Waals surface area contributed by atoms with Gasteiger partial charge in [-0.25, -0.2) is 4.98 Å². The van der Waals surface area contributed by atoms with Crippen LogP contribution in [0.25, 0.3) is 10.2 Å². The van der Waals surface area contributed by atoms with Crippen LogP contribution in [0.5, 0.6) is 0 Å². The minimum Gasteiger partial charge on any atom is -0.324 e. The number of anilines is 2. The summed E-state index contributed by atoms with van der Waals surface area (Å²) in [6.07, 6.45) is 7.30. The van der Waals surface area contributed by atoms with Gasteiger partial charge in [0.2, 0.25) is 11.8 Å². The third-order valence-electron chi connectivity index (χ3n) is 6.06. The molecular formula is C23H24N4O3S. The predicted molar refractivity (Wildman–Crippen MR) is 122 cm³/mol. The molecule has 3 aromatic rings. The Morgan fingerprint density at radius 3 is 2.77 bits per heavy atom. The number of carbonyl (C=O) groups excluding carboxylic acids is 2. The Labute approximate surface area is 183 Å². The minimum absolute atomic E-state index is 0.0553. The molecule has 0 atom stereocenters. The molecule has 31 heavy (non-hydrogen) atoms. The van der Waals surface area contributed by atoms with Gasteiger partial charge in [0.25, 0.3) is 5.56 Å².